The number of nitrogens with one attached hydrogen (secondary N) is 2. The van der Waals surface area contributed by atoms with Crippen LogP contribution in [0.2, 0.25) is 5.02 Å². The van der Waals surface area contributed by atoms with Crippen LogP contribution in [0.3, 0.4) is 0 Å². The van der Waals surface area contributed by atoms with Crippen LogP contribution in [-0.4, -0.2) is 23.7 Å². The molecule has 1 rings (SSSR count). The lowest BCUT2D eigenvalue weighted by molar-refractivity contribution is -0.136. The number of rotatable bonds is 6. The summed E-state index contributed by atoms with van der Waals surface area (Å²) in [6.07, 6.45) is 0.619. The molecule has 0 aliphatic carbocycles. The molecule has 0 heterocycles. The first-order chi connectivity index (χ1) is 9.02. The minimum absolute atomic E-state index is 0.0959. The third-order valence-corrected chi connectivity index (χ3v) is 2.82. The van der Waals surface area contributed by atoms with Crippen molar-refractivity contribution in [2.45, 2.75) is 25.8 Å². The number of carbonyl (C=O) groups excluding carboxylic acids is 1. The van der Waals surface area contributed by atoms with E-state index in [0.29, 0.717) is 11.4 Å². The van der Waals surface area contributed by atoms with Crippen molar-refractivity contribution < 1.29 is 14.7 Å². The van der Waals surface area contributed by atoms with E-state index in [-0.39, 0.29) is 25.0 Å². The number of carbonyl (C=O) groups is 2. The van der Waals surface area contributed by atoms with E-state index in [0.717, 1.165) is 5.56 Å². The summed E-state index contributed by atoms with van der Waals surface area (Å²) < 4.78 is 0. The quantitative estimate of drug-likeness (QED) is 0.751. The van der Waals surface area contributed by atoms with E-state index in [9.17, 15) is 9.59 Å². The predicted molar refractivity (Wildman–Crippen MR) is 73.3 cm³/mol. The maximum absolute atomic E-state index is 11.6. The zero-order valence-electron chi connectivity index (χ0n) is 10.6. The largest absolute Gasteiger partial charge is 0.481 e. The summed E-state index contributed by atoms with van der Waals surface area (Å²) in [6, 6.07) is 6.75. The van der Waals surface area contributed by atoms with Crippen LogP contribution in [0.25, 0.3) is 0 Å². The number of benzene rings is 1. The van der Waals surface area contributed by atoms with E-state index in [1.807, 2.05) is 19.1 Å². The van der Waals surface area contributed by atoms with E-state index in [1.54, 1.807) is 12.1 Å². The van der Waals surface area contributed by atoms with Gasteiger partial charge in [-0.05, 0) is 24.1 Å². The molecule has 0 bridgehead atoms. The van der Waals surface area contributed by atoms with Gasteiger partial charge in [0.15, 0.2) is 0 Å². The number of carboxylic acids is 1. The highest BCUT2D eigenvalue weighted by atomic mass is 35.5. The van der Waals surface area contributed by atoms with Crippen LogP contribution < -0.4 is 10.6 Å². The highest BCUT2D eigenvalue weighted by Gasteiger charge is 2.12. The SMILES string of the molecule is CCC(NC(=O)NCCC(=O)O)c1cccc(Cl)c1. The van der Waals surface area contributed by atoms with Gasteiger partial charge in [0, 0.05) is 11.6 Å². The molecule has 19 heavy (non-hydrogen) atoms. The summed E-state index contributed by atoms with van der Waals surface area (Å²) in [5.41, 5.74) is 0.920. The molecule has 0 spiro atoms. The maximum Gasteiger partial charge on any atom is 0.315 e. The molecule has 0 aromatic heterocycles. The van der Waals surface area contributed by atoms with Crippen molar-refractivity contribution in [1.82, 2.24) is 10.6 Å². The Labute approximate surface area is 117 Å². The molecular weight excluding hydrogens is 268 g/mol. The number of halogens is 1. The van der Waals surface area contributed by atoms with Crippen molar-refractivity contribution in [3.05, 3.63) is 34.9 Å². The Balaban J connectivity index is 2.52. The molecule has 0 aliphatic rings. The van der Waals surface area contributed by atoms with Crippen molar-refractivity contribution in [1.29, 1.82) is 0 Å². The van der Waals surface area contributed by atoms with E-state index in [2.05, 4.69) is 10.6 Å². The number of aliphatic carboxylic acids is 1. The molecular formula is C13H17ClN2O3. The molecule has 6 heteroatoms. The van der Waals surface area contributed by atoms with E-state index < -0.39 is 5.97 Å². The van der Waals surface area contributed by atoms with Crippen LogP contribution in [0.4, 0.5) is 4.79 Å². The Kier molecular flexibility index (Phi) is 6.15. The smallest absolute Gasteiger partial charge is 0.315 e. The van der Waals surface area contributed by atoms with E-state index >= 15 is 0 Å². The Morgan fingerprint density at radius 2 is 2.16 bits per heavy atom. The van der Waals surface area contributed by atoms with Crippen LogP contribution in [-0.2, 0) is 4.79 Å². The molecule has 104 valence electrons. The van der Waals surface area contributed by atoms with Gasteiger partial charge >= 0.3 is 12.0 Å². The second-order valence-corrected chi connectivity index (χ2v) is 4.50. The molecule has 1 aromatic carbocycles. The topological polar surface area (TPSA) is 78.4 Å². The van der Waals surface area contributed by atoms with Crippen LogP contribution in [0, 0.1) is 0 Å². The monoisotopic (exact) mass is 284 g/mol. The lowest BCUT2D eigenvalue weighted by atomic mass is 10.1. The molecule has 1 aromatic rings. The average Bonchev–Trinajstić information content (AvgIpc) is 2.35. The van der Waals surface area contributed by atoms with Gasteiger partial charge in [0.25, 0.3) is 0 Å². The molecule has 5 nitrogen and oxygen atoms in total. The summed E-state index contributed by atoms with van der Waals surface area (Å²) in [5.74, 6) is -0.942. The minimum Gasteiger partial charge on any atom is -0.481 e. The lowest BCUT2D eigenvalue weighted by Crippen LogP contribution is -2.38. The first-order valence-electron chi connectivity index (χ1n) is 6.04. The second-order valence-electron chi connectivity index (χ2n) is 4.06. The summed E-state index contributed by atoms with van der Waals surface area (Å²) in [7, 11) is 0. The van der Waals surface area contributed by atoms with E-state index in [1.165, 1.54) is 0 Å². The Bertz CT molecular complexity index is 451. The molecule has 0 fully saturated rings. The minimum atomic E-state index is -0.942. The highest BCUT2D eigenvalue weighted by Crippen LogP contribution is 2.20. The molecule has 0 saturated carbocycles. The molecule has 1 unspecified atom stereocenters. The standard InChI is InChI=1S/C13H17ClN2O3/c1-2-11(9-4-3-5-10(14)8-9)16-13(19)15-7-6-12(17)18/h3-5,8,11H,2,6-7H2,1H3,(H,17,18)(H2,15,16,19). The van der Waals surface area contributed by atoms with Crippen LogP contribution in [0.15, 0.2) is 24.3 Å². The predicted octanol–water partition coefficient (Wildman–Crippen LogP) is 2.57. The van der Waals surface area contributed by atoms with Crippen molar-refractivity contribution in [3.63, 3.8) is 0 Å². The van der Waals surface area contributed by atoms with Gasteiger partial charge < -0.3 is 15.7 Å². The fourth-order valence-electron chi connectivity index (χ4n) is 1.64. The summed E-state index contributed by atoms with van der Waals surface area (Å²) in [4.78, 5) is 21.9. The molecule has 2 amide bonds. The van der Waals surface area contributed by atoms with Crippen molar-refractivity contribution in [2.24, 2.45) is 0 Å². The van der Waals surface area contributed by atoms with Crippen molar-refractivity contribution >= 4 is 23.6 Å². The van der Waals surface area contributed by atoms with Crippen molar-refractivity contribution in [2.75, 3.05) is 6.54 Å². The maximum atomic E-state index is 11.6. The highest BCUT2D eigenvalue weighted by molar-refractivity contribution is 6.30. The summed E-state index contributed by atoms with van der Waals surface area (Å²) in [5, 5.41) is 14.4. The van der Waals surface area contributed by atoms with Gasteiger partial charge in [-0.1, -0.05) is 30.7 Å². The first kappa shape index (κ1) is 15.3. The van der Waals surface area contributed by atoms with Gasteiger partial charge in [0.2, 0.25) is 0 Å². The average molecular weight is 285 g/mol. The number of urea groups is 1. The van der Waals surface area contributed by atoms with Gasteiger partial charge in [-0.2, -0.15) is 0 Å². The number of amides is 2. The number of carboxylic acid groups (broad SMARTS) is 1. The molecule has 0 aliphatic heterocycles. The zero-order valence-corrected chi connectivity index (χ0v) is 11.4. The summed E-state index contributed by atoms with van der Waals surface area (Å²) in [6.45, 7) is 2.05. The van der Waals surface area contributed by atoms with Crippen LogP contribution in [0.1, 0.15) is 31.4 Å². The van der Waals surface area contributed by atoms with E-state index in [4.69, 9.17) is 16.7 Å². The fraction of sp³-hybridized carbons (Fsp3) is 0.385. The number of hydrogen-bond acceptors (Lipinski definition) is 2. The molecule has 0 radical (unpaired) electrons. The van der Waals surface area contributed by atoms with Gasteiger partial charge in [0.05, 0.1) is 12.5 Å². The Morgan fingerprint density at radius 1 is 1.42 bits per heavy atom. The molecule has 1 atom stereocenters. The van der Waals surface area contributed by atoms with Gasteiger partial charge in [-0.3, -0.25) is 4.79 Å². The fourth-order valence-corrected chi connectivity index (χ4v) is 1.84. The Hall–Kier alpha value is -1.75. The Morgan fingerprint density at radius 3 is 2.74 bits per heavy atom. The third kappa shape index (κ3) is 5.61. The normalized spacial score (nSPS) is 11.7. The van der Waals surface area contributed by atoms with Gasteiger partial charge in [-0.15, -0.1) is 0 Å². The lowest BCUT2D eigenvalue weighted by Gasteiger charge is -2.18. The summed E-state index contributed by atoms with van der Waals surface area (Å²) >= 11 is 5.91. The number of hydrogen-bond donors (Lipinski definition) is 3. The second kappa shape index (κ2) is 7.63. The third-order valence-electron chi connectivity index (χ3n) is 2.59. The van der Waals surface area contributed by atoms with Crippen LogP contribution in [0.5, 0.6) is 0 Å². The van der Waals surface area contributed by atoms with Gasteiger partial charge in [-0.25, -0.2) is 4.79 Å². The van der Waals surface area contributed by atoms with Crippen LogP contribution >= 0.6 is 11.6 Å². The van der Waals surface area contributed by atoms with Gasteiger partial charge in [0.1, 0.15) is 0 Å². The first-order valence-corrected chi connectivity index (χ1v) is 6.42. The molecule has 3 N–H and O–H groups in total. The van der Waals surface area contributed by atoms with Crippen molar-refractivity contribution in [3.8, 4) is 0 Å². The molecule has 0 saturated heterocycles. The zero-order chi connectivity index (χ0) is 14.3.